The molecule has 0 rings (SSSR count). The molecule has 0 aliphatic rings. The second-order valence-electron chi connectivity index (χ2n) is 2.89. The molecule has 4 N–H and O–H groups in total. The SMILES string of the molecule is CCOC(=O)COC(CCN)CCN.Cl.Cl. The fraction of sp³-hybridized carbons (Fsp3) is 0.889. The summed E-state index contributed by atoms with van der Waals surface area (Å²) in [6, 6.07) is 0. The number of ether oxygens (including phenoxy) is 2. The lowest BCUT2D eigenvalue weighted by atomic mass is 10.2. The maximum absolute atomic E-state index is 10.9. The molecule has 0 spiro atoms. The highest BCUT2D eigenvalue weighted by atomic mass is 35.5. The van der Waals surface area contributed by atoms with Gasteiger partial charge in [-0.15, -0.1) is 24.8 Å². The summed E-state index contributed by atoms with van der Waals surface area (Å²) in [5.41, 5.74) is 10.8. The maximum atomic E-state index is 10.9. The molecule has 0 amide bonds. The summed E-state index contributed by atoms with van der Waals surface area (Å²) in [6.07, 6.45) is 1.40. The van der Waals surface area contributed by atoms with Gasteiger partial charge in [0.15, 0.2) is 0 Å². The molecule has 0 saturated carbocycles. The van der Waals surface area contributed by atoms with Crippen molar-refractivity contribution in [3.05, 3.63) is 0 Å². The predicted octanol–water partition coefficient (Wildman–Crippen LogP) is 0.476. The Kier molecular flexibility index (Phi) is 19.8. The molecule has 7 heteroatoms. The third-order valence-electron chi connectivity index (χ3n) is 1.72. The molecule has 0 atom stereocenters. The molecule has 0 aliphatic carbocycles. The van der Waals surface area contributed by atoms with Gasteiger partial charge in [-0.3, -0.25) is 0 Å². The number of rotatable bonds is 8. The Labute approximate surface area is 109 Å². The zero-order valence-corrected chi connectivity index (χ0v) is 11.1. The standard InChI is InChI=1S/C9H20N2O3.2ClH/c1-2-13-9(12)7-14-8(3-5-10)4-6-11;;/h8H,2-7,10-11H2,1H3;2*1H. The predicted molar refractivity (Wildman–Crippen MR) is 68.2 cm³/mol. The van der Waals surface area contributed by atoms with E-state index in [2.05, 4.69) is 0 Å². The van der Waals surface area contributed by atoms with Gasteiger partial charge in [0.1, 0.15) is 6.61 Å². The van der Waals surface area contributed by atoms with Gasteiger partial charge in [-0.25, -0.2) is 4.79 Å². The Balaban J connectivity index is -0.000000845. The minimum atomic E-state index is -0.341. The molecular formula is C9H22Cl2N2O3. The van der Waals surface area contributed by atoms with Gasteiger partial charge >= 0.3 is 5.97 Å². The molecular weight excluding hydrogens is 255 g/mol. The van der Waals surface area contributed by atoms with Crippen LogP contribution in [0.25, 0.3) is 0 Å². The first-order valence-electron chi connectivity index (χ1n) is 4.91. The molecule has 0 heterocycles. The number of halogens is 2. The monoisotopic (exact) mass is 276 g/mol. The smallest absolute Gasteiger partial charge is 0.332 e. The number of esters is 1. The lowest BCUT2D eigenvalue weighted by Gasteiger charge is -2.15. The van der Waals surface area contributed by atoms with Gasteiger partial charge in [0.25, 0.3) is 0 Å². The van der Waals surface area contributed by atoms with Crippen LogP contribution >= 0.6 is 24.8 Å². The van der Waals surface area contributed by atoms with Crippen molar-refractivity contribution in [3.8, 4) is 0 Å². The molecule has 16 heavy (non-hydrogen) atoms. The number of carbonyl (C=O) groups is 1. The van der Waals surface area contributed by atoms with Crippen molar-refractivity contribution in [1.82, 2.24) is 0 Å². The summed E-state index contributed by atoms with van der Waals surface area (Å²) in [5.74, 6) is -0.341. The molecule has 0 aliphatic heterocycles. The van der Waals surface area contributed by atoms with E-state index in [0.717, 1.165) is 12.8 Å². The van der Waals surface area contributed by atoms with Crippen LogP contribution in [0.15, 0.2) is 0 Å². The van der Waals surface area contributed by atoms with Crippen LogP contribution in [0, 0.1) is 0 Å². The van der Waals surface area contributed by atoms with Crippen LogP contribution < -0.4 is 11.5 Å². The minimum absolute atomic E-state index is 0. The lowest BCUT2D eigenvalue weighted by molar-refractivity contribution is -0.150. The molecule has 0 bridgehead atoms. The first-order chi connectivity index (χ1) is 6.74. The highest BCUT2D eigenvalue weighted by molar-refractivity contribution is 5.85. The maximum Gasteiger partial charge on any atom is 0.332 e. The van der Waals surface area contributed by atoms with E-state index in [9.17, 15) is 4.79 Å². The van der Waals surface area contributed by atoms with Crippen molar-refractivity contribution in [3.63, 3.8) is 0 Å². The first kappa shape index (κ1) is 21.2. The summed E-state index contributed by atoms with van der Waals surface area (Å²) < 4.78 is 10.0. The van der Waals surface area contributed by atoms with Crippen molar-refractivity contribution in [1.29, 1.82) is 0 Å². The third kappa shape index (κ3) is 12.0. The van der Waals surface area contributed by atoms with E-state index in [4.69, 9.17) is 20.9 Å². The molecule has 0 aromatic rings. The van der Waals surface area contributed by atoms with Gasteiger partial charge in [0.05, 0.1) is 12.7 Å². The Morgan fingerprint density at radius 1 is 1.19 bits per heavy atom. The molecule has 0 fully saturated rings. The minimum Gasteiger partial charge on any atom is -0.464 e. The van der Waals surface area contributed by atoms with Crippen molar-refractivity contribution in [2.24, 2.45) is 11.5 Å². The van der Waals surface area contributed by atoms with Crippen molar-refractivity contribution in [2.45, 2.75) is 25.9 Å². The fourth-order valence-corrected chi connectivity index (χ4v) is 1.07. The van der Waals surface area contributed by atoms with Crippen LogP contribution in [-0.4, -0.2) is 38.4 Å². The van der Waals surface area contributed by atoms with Gasteiger partial charge in [0.2, 0.25) is 0 Å². The van der Waals surface area contributed by atoms with Crippen molar-refractivity contribution in [2.75, 3.05) is 26.3 Å². The number of hydrogen-bond acceptors (Lipinski definition) is 5. The van der Waals surface area contributed by atoms with E-state index in [1.165, 1.54) is 0 Å². The zero-order chi connectivity index (χ0) is 10.8. The second kappa shape index (κ2) is 14.9. The van der Waals surface area contributed by atoms with Crippen molar-refractivity contribution >= 4 is 30.8 Å². The fourth-order valence-electron chi connectivity index (χ4n) is 1.07. The van der Waals surface area contributed by atoms with Crippen LogP contribution in [0.1, 0.15) is 19.8 Å². The molecule has 0 saturated heterocycles. The molecule has 5 nitrogen and oxygen atoms in total. The van der Waals surface area contributed by atoms with E-state index >= 15 is 0 Å². The normalized spacial score (nSPS) is 9.25. The van der Waals surface area contributed by atoms with Gasteiger partial charge in [-0.05, 0) is 32.9 Å². The second-order valence-corrected chi connectivity index (χ2v) is 2.89. The Morgan fingerprint density at radius 3 is 2.06 bits per heavy atom. The summed E-state index contributed by atoms with van der Waals surface area (Å²) in [5, 5.41) is 0. The van der Waals surface area contributed by atoms with E-state index in [-0.39, 0.29) is 43.5 Å². The van der Waals surface area contributed by atoms with E-state index in [1.807, 2.05) is 0 Å². The van der Waals surface area contributed by atoms with Gasteiger partial charge in [0, 0.05) is 0 Å². The van der Waals surface area contributed by atoms with Crippen molar-refractivity contribution < 1.29 is 14.3 Å². The summed E-state index contributed by atoms with van der Waals surface area (Å²) >= 11 is 0. The van der Waals surface area contributed by atoms with Gasteiger partial charge < -0.3 is 20.9 Å². The van der Waals surface area contributed by atoms with Gasteiger partial charge in [-0.1, -0.05) is 0 Å². The summed E-state index contributed by atoms with van der Waals surface area (Å²) in [6.45, 7) is 3.19. The van der Waals surface area contributed by atoms with Crippen LogP contribution in [-0.2, 0) is 14.3 Å². The van der Waals surface area contributed by atoms with Crippen LogP contribution in [0.3, 0.4) is 0 Å². The largest absolute Gasteiger partial charge is 0.464 e. The lowest BCUT2D eigenvalue weighted by Crippen LogP contribution is -2.25. The van der Waals surface area contributed by atoms with E-state index < -0.39 is 0 Å². The topological polar surface area (TPSA) is 87.6 Å². The van der Waals surface area contributed by atoms with Crippen LogP contribution in [0.4, 0.5) is 0 Å². The molecule has 0 aromatic carbocycles. The third-order valence-corrected chi connectivity index (χ3v) is 1.72. The molecule has 100 valence electrons. The van der Waals surface area contributed by atoms with Gasteiger partial charge in [-0.2, -0.15) is 0 Å². The average Bonchev–Trinajstić information content (AvgIpc) is 2.15. The Bertz CT molecular complexity index is 156. The number of nitrogens with two attached hydrogens (primary N) is 2. The highest BCUT2D eigenvalue weighted by Gasteiger charge is 2.10. The van der Waals surface area contributed by atoms with E-state index in [0.29, 0.717) is 19.7 Å². The number of carbonyl (C=O) groups excluding carboxylic acids is 1. The van der Waals surface area contributed by atoms with E-state index in [1.54, 1.807) is 6.92 Å². The highest BCUT2D eigenvalue weighted by Crippen LogP contribution is 2.01. The molecule has 0 unspecified atom stereocenters. The first-order valence-corrected chi connectivity index (χ1v) is 4.91. The molecule has 0 radical (unpaired) electrons. The Hall–Kier alpha value is -0.0700. The number of hydrogen-bond donors (Lipinski definition) is 2. The Morgan fingerprint density at radius 2 is 1.69 bits per heavy atom. The summed E-state index contributed by atoms with van der Waals surface area (Å²) in [4.78, 5) is 10.9. The quantitative estimate of drug-likeness (QED) is 0.630. The van der Waals surface area contributed by atoms with Crippen LogP contribution in [0.2, 0.25) is 0 Å². The zero-order valence-electron chi connectivity index (χ0n) is 9.52. The average molecular weight is 277 g/mol. The molecule has 0 aromatic heterocycles. The van der Waals surface area contributed by atoms with Crippen LogP contribution in [0.5, 0.6) is 0 Å². The summed E-state index contributed by atoms with van der Waals surface area (Å²) in [7, 11) is 0.